The SMILES string of the molecule is Cc1cc(C(C)N)ccc1[N+](=O)[O-]. The molecule has 0 aromatic heterocycles. The highest BCUT2D eigenvalue weighted by Crippen LogP contribution is 2.21. The Kier molecular flexibility index (Phi) is 2.63. The number of aryl methyl sites for hydroxylation is 1. The van der Waals surface area contributed by atoms with Gasteiger partial charge < -0.3 is 5.73 Å². The lowest BCUT2D eigenvalue weighted by atomic mass is 10.1. The molecule has 0 aliphatic heterocycles. The van der Waals surface area contributed by atoms with Crippen LogP contribution in [-0.4, -0.2) is 4.92 Å². The van der Waals surface area contributed by atoms with Gasteiger partial charge in [-0.3, -0.25) is 10.1 Å². The Hall–Kier alpha value is -1.42. The van der Waals surface area contributed by atoms with E-state index < -0.39 is 0 Å². The zero-order valence-corrected chi connectivity index (χ0v) is 7.65. The summed E-state index contributed by atoms with van der Waals surface area (Å²) in [4.78, 5) is 10.1. The molecule has 0 fully saturated rings. The molecule has 13 heavy (non-hydrogen) atoms. The molecule has 4 heteroatoms. The molecule has 2 N–H and O–H groups in total. The second-order valence-corrected chi connectivity index (χ2v) is 3.09. The van der Waals surface area contributed by atoms with Crippen molar-refractivity contribution in [1.29, 1.82) is 0 Å². The van der Waals surface area contributed by atoms with Crippen molar-refractivity contribution in [3.63, 3.8) is 0 Å². The van der Waals surface area contributed by atoms with Crippen molar-refractivity contribution in [1.82, 2.24) is 0 Å². The van der Waals surface area contributed by atoms with Crippen molar-refractivity contribution in [3.05, 3.63) is 39.4 Å². The Morgan fingerprint density at radius 2 is 2.15 bits per heavy atom. The van der Waals surface area contributed by atoms with Crippen LogP contribution < -0.4 is 5.73 Å². The smallest absolute Gasteiger partial charge is 0.272 e. The van der Waals surface area contributed by atoms with Gasteiger partial charge in [0.25, 0.3) is 5.69 Å². The standard InChI is InChI=1S/C9H12N2O2/c1-6-5-8(7(2)10)3-4-9(6)11(12)13/h3-5,7H,10H2,1-2H3. The lowest BCUT2D eigenvalue weighted by Gasteiger charge is -2.05. The zero-order chi connectivity index (χ0) is 10.0. The molecule has 0 aliphatic carbocycles. The largest absolute Gasteiger partial charge is 0.324 e. The topological polar surface area (TPSA) is 69.2 Å². The van der Waals surface area contributed by atoms with Crippen LogP contribution in [0.5, 0.6) is 0 Å². The number of nitrogens with zero attached hydrogens (tertiary/aromatic N) is 1. The fourth-order valence-electron chi connectivity index (χ4n) is 1.17. The highest BCUT2D eigenvalue weighted by molar-refractivity contribution is 5.42. The highest BCUT2D eigenvalue weighted by Gasteiger charge is 2.10. The van der Waals surface area contributed by atoms with Crippen molar-refractivity contribution in [2.24, 2.45) is 5.73 Å². The van der Waals surface area contributed by atoms with E-state index in [1.54, 1.807) is 19.1 Å². The third-order valence-electron chi connectivity index (χ3n) is 1.94. The number of nitrogens with two attached hydrogens (primary N) is 1. The Balaban J connectivity index is 3.13. The van der Waals surface area contributed by atoms with Crippen LogP contribution in [0.2, 0.25) is 0 Å². The minimum atomic E-state index is -0.389. The molecule has 4 nitrogen and oxygen atoms in total. The zero-order valence-electron chi connectivity index (χ0n) is 7.65. The summed E-state index contributed by atoms with van der Waals surface area (Å²) in [5.74, 6) is 0. The lowest BCUT2D eigenvalue weighted by molar-refractivity contribution is -0.385. The van der Waals surface area contributed by atoms with E-state index in [4.69, 9.17) is 5.73 Å². The summed E-state index contributed by atoms with van der Waals surface area (Å²) in [5.41, 5.74) is 7.35. The van der Waals surface area contributed by atoms with E-state index in [1.807, 2.05) is 6.92 Å². The van der Waals surface area contributed by atoms with Crippen molar-refractivity contribution in [2.75, 3.05) is 0 Å². The average Bonchev–Trinajstić information content (AvgIpc) is 2.03. The highest BCUT2D eigenvalue weighted by atomic mass is 16.6. The monoisotopic (exact) mass is 180 g/mol. The van der Waals surface area contributed by atoms with Gasteiger partial charge >= 0.3 is 0 Å². The minimum absolute atomic E-state index is 0.0838. The first-order chi connectivity index (χ1) is 6.02. The van der Waals surface area contributed by atoms with Crippen LogP contribution in [0.15, 0.2) is 18.2 Å². The molecule has 0 saturated heterocycles. The first-order valence-corrected chi connectivity index (χ1v) is 4.03. The summed E-state index contributed by atoms with van der Waals surface area (Å²) in [6, 6.07) is 4.85. The van der Waals surface area contributed by atoms with Crippen molar-refractivity contribution < 1.29 is 4.92 Å². The molecule has 1 aromatic carbocycles. The van der Waals surface area contributed by atoms with Gasteiger partial charge in [-0.05, 0) is 25.5 Å². The van der Waals surface area contributed by atoms with Crippen LogP contribution >= 0.6 is 0 Å². The predicted molar refractivity (Wildman–Crippen MR) is 50.4 cm³/mol. The number of hydrogen-bond donors (Lipinski definition) is 1. The van der Waals surface area contributed by atoms with E-state index in [1.165, 1.54) is 6.07 Å². The van der Waals surface area contributed by atoms with E-state index >= 15 is 0 Å². The van der Waals surface area contributed by atoms with Gasteiger partial charge in [0, 0.05) is 17.7 Å². The quantitative estimate of drug-likeness (QED) is 0.558. The molecule has 0 amide bonds. The third kappa shape index (κ3) is 2.03. The predicted octanol–water partition coefficient (Wildman–Crippen LogP) is 1.92. The van der Waals surface area contributed by atoms with E-state index in [9.17, 15) is 10.1 Å². The lowest BCUT2D eigenvalue weighted by Crippen LogP contribution is -2.05. The van der Waals surface area contributed by atoms with E-state index in [0.29, 0.717) is 5.56 Å². The number of nitro groups is 1. The van der Waals surface area contributed by atoms with Crippen LogP contribution in [0, 0.1) is 17.0 Å². The summed E-state index contributed by atoms with van der Waals surface area (Å²) in [6.45, 7) is 3.56. The second-order valence-electron chi connectivity index (χ2n) is 3.09. The fourth-order valence-corrected chi connectivity index (χ4v) is 1.17. The maximum Gasteiger partial charge on any atom is 0.272 e. The molecule has 1 aromatic rings. The Bertz CT molecular complexity index is 334. The Labute approximate surface area is 76.5 Å². The fraction of sp³-hybridized carbons (Fsp3) is 0.333. The summed E-state index contributed by atoms with van der Waals surface area (Å²) in [5, 5.41) is 10.5. The second kappa shape index (κ2) is 3.53. The first-order valence-electron chi connectivity index (χ1n) is 4.03. The maximum absolute atomic E-state index is 10.5. The van der Waals surface area contributed by atoms with E-state index in [-0.39, 0.29) is 16.7 Å². The first kappa shape index (κ1) is 9.67. The van der Waals surface area contributed by atoms with Gasteiger partial charge in [-0.1, -0.05) is 6.07 Å². The molecule has 0 aliphatic rings. The van der Waals surface area contributed by atoms with Gasteiger partial charge in [0.05, 0.1) is 4.92 Å². The number of benzene rings is 1. The molecule has 1 rings (SSSR count). The Morgan fingerprint density at radius 1 is 1.54 bits per heavy atom. The molecule has 1 unspecified atom stereocenters. The van der Waals surface area contributed by atoms with Crippen molar-refractivity contribution >= 4 is 5.69 Å². The molecule has 0 saturated carbocycles. The summed E-state index contributed by atoms with van der Waals surface area (Å²) in [7, 11) is 0. The van der Waals surface area contributed by atoms with Gasteiger partial charge in [-0.2, -0.15) is 0 Å². The van der Waals surface area contributed by atoms with Crippen LogP contribution in [0.3, 0.4) is 0 Å². The summed E-state index contributed by atoms with van der Waals surface area (Å²) >= 11 is 0. The average molecular weight is 180 g/mol. The van der Waals surface area contributed by atoms with Gasteiger partial charge in [0.15, 0.2) is 0 Å². The molecule has 0 heterocycles. The van der Waals surface area contributed by atoms with Gasteiger partial charge in [-0.25, -0.2) is 0 Å². The molecule has 1 atom stereocenters. The Morgan fingerprint density at radius 3 is 2.54 bits per heavy atom. The van der Waals surface area contributed by atoms with E-state index in [2.05, 4.69) is 0 Å². The normalized spacial score (nSPS) is 12.5. The number of hydrogen-bond acceptors (Lipinski definition) is 3. The number of rotatable bonds is 2. The molecule has 0 radical (unpaired) electrons. The summed E-state index contributed by atoms with van der Waals surface area (Å²) < 4.78 is 0. The van der Waals surface area contributed by atoms with Gasteiger partial charge in [0.2, 0.25) is 0 Å². The number of nitro benzene ring substituents is 1. The molecule has 0 spiro atoms. The summed E-state index contributed by atoms with van der Waals surface area (Å²) in [6.07, 6.45) is 0. The van der Waals surface area contributed by atoms with E-state index in [0.717, 1.165) is 5.56 Å². The van der Waals surface area contributed by atoms with Crippen LogP contribution in [0.25, 0.3) is 0 Å². The van der Waals surface area contributed by atoms with Crippen molar-refractivity contribution in [2.45, 2.75) is 19.9 Å². The molecular formula is C9H12N2O2. The maximum atomic E-state index is 10.5. The molecule has 0 bridgehead atoms. The van der Waals surface area contributed by atoms with Gasteiger partial charge in [0.1, 0.15) is 0 Å². The third-order valence-corrected chi connectivity index (χ3v) is 1.94. The van der Waals surface area contributed by atoms with Crippen molar-refractivity contribution in [3.8, 4) is 0 Å². The van der Waals surface area contributed by atoms with Crippen LogP contribution in [-0.2, 0) is 0 Å². The van der Waals surface area contributed by atoms with Crippen LogP contribution in [0.1, 0.15) is 24.1 Å². The minimum Gasteiger partial charge on any atom is -0.324 e. The van der Waals surface area contributed by atoms with Crippen LogP contribution in [0.4, 0.5) is 5.69 Å². The molecule has 70 valence electrons. The molecular weight excluding hydrogens is 168 g/mol. The van der Waals surface area contributed by atoms with Gasteiger partial charge in [-0.15, -0.1) is 0 Å².